The second-order valence-electron chi connectivity index (χ2n) is 5.51. The molecule has 116 valence electrons. The van der Waals surface area contributed by atoms with E-state index in [0.717, 1.165) is 16.8 Å². The van der Waals surface area contributed by atoms with Gasteiger partial charge < -0.3 is 16.0 Å². The Morgan fingerprint density at radius 2 is 1.91 bits per heavy atom. The van der Waals surface area contributed by atoms with Gasteiger partial charge in [0.05, 0.1) is 5.56 Å². The quantitative estimate of drug-likeness (QED) is 0.884. The van der Waals surface area contributed by atoms with E-state index in [-0.39, 0.29) is 11.9 Å². The lowest BCUT2D eigenvalue weighted by Gasteiger charge is -2.13. The van der Waals surface area contributed by atoms with E-state index in [2.05, 4.69) is 10.3 Å². The van der Waals surface area contributed by atoms with Crippen molar-refractivity contribution in [1.82, 2.24) is 10.3 Å². The number of hydrogen-bond donors (Lipinski definition) is 2. The topological polar surface area (TPSA) is 71.2 Å². The number of aromatic nitrogens is 1. The van der Waals surface area contributed by atoms with E-state index >= 15 is 0 Å². The van der Waals surface area contributed by atoms with Crippen LogP contribution in [0.5, 0.6) is 0 Å². The highest BCUT2D eigenvalue weighted by Crippen LogP contribution is 2.22. The maximum absolute atomic E-state index is 12.1. The molecular formula is C17H22N4O. The zero-order chi connectivity index (χ0) is 16.1. The third-order valence-electron chi connectivity index (χ3n) is 3.45. The molecule has 1 amide bonds. The fraction of sp³-hybridized carbons (Fsp3) is 0.294. The molecule has 1 heterocycles. The predicted octanol–water partition coefficient (Wildman–Crippen LogP) is 1.89. The average Bonchev–Trinajstić information content (AvgIpc) is 2.54. The Balaban J connectivity index is 2.22. The first-order valence-corrected chi connectivity index (χ1v) is 7.25. The Labute approximate surface area is 131 Å². The highest BCUT2D eigenvalue weighted by Gasteiger charge is 2.10. The van der Waals surface area contributed by atoms with E-state index in [9.17, 15) is 4.79 Å². The second-order valence-corrected chi connectivity index (χ2v) is 5.51. The molecule has 0 unspecified atom stereocenters. The minimum Gasteiger partial charge on any atom is -0.378 e. The molecule has 2 aromatic rings. The number of benzene rings is 1. The molecule has 1 atom stereocenters. The Morgan fingerprint density at radius 1 is 1.23 bits per heavy atom. The Bertz CT molecular complexity index is 637. The van der Waals surface area contributed by atoms with Gasteiger partial charge in [0.25, 0.3) is 5.91 Å². The first-order chi connectivity index (χ1) is 10.5. The molecule has 0 bridgehead atoms. The molecule has 0 spiro atoms. The maximum atomic E-state index is 12.1. The van der Waals surface area contributed by atoms with Crippen molar-refractivity contribution in [2.75, 3.05) is 25.5 Å². The molecule has 0 fully saturated rings. The van der Waals surface area contributed by atoms with Gasteiger partial charge in [-0.25, -0.2) is 0 Å². The molecule has 0 aliphatic rings. The molecule has 0 saturated carbocycles. The third-order valence-corrected chi connectivity index (χ3v) is 3.45. The highest BCUT2D eigenvalue weighted by molar-refractivity contribution is 5.95. The first kappa shape index (κ1) is 16.0. The summed E-state index contributed by atoms with van der Waals surface area (Å²) in [5.74, 6) is -0.155. The second kappa shape index (κ2) is 7.04. The number of nitrogens with one attached hydrogen (secondary N) is 1. The van der Waals surface area contributed by atoms with E-state index in [0.29, 0.717) is 12.1 Å². The van der Waals surface area contributed by atoms with Crippen molar-refractivity contribution in [1.29, 1.82) is 0 Å². The van der Waals surface area contributed by atoms with Crippen LogP contribution in [0.25, 0.3) is 11.1 Å². The number of nitrogens with zero attached hydrogens (tertiary/aromatic N) is 2. The van der Waals surface area contributed by atoms with Crippen molar-refractivity contribution in [2.24, 2.45) is 5.73 Å². The molecule has 22 heavy (non-hydrogen) atoms. The number of hydrogen-bond acceptors (Lipinski definition) is 4. The Kier molecular flexibility index (Phi) is 5.12. The van der Waals surface area contributed by atoms with Gasteiger partial charge in [-0.1, -0.05) is 12.1 Å². The number of amides is 1. The molecule has 1 aromatic heterocycles. The molecule has 1 aromatic carbocycles. The zero-order valence-electron chi connectivity index (χ0n) is 13.2. The monoisotopic (exact) mass is 298 g/mol. The smallest absolute Gasteiger partial charge is 0.253 e. The van der Waals surface area contributed by atoms with Crippen molar-refractivity contribution in [2.45, 2.75) is 13.0 Å². The minimum absolute atomic E-state index is 0.0597. The normalized spacial score (nSPS) is 11.8. The summed E-state index contributed by atoms with van der Waals surface area (Å²) < 4.78 is 0. The third kappa shape index (κ3) is 3.83. The summed E-state index contributed by atoms with van der Waals surface area (Å²) in [6.45, 7) is 2.28. The summed E-state index contributed by atoms with van der Waals surface area (Å²) >= 11 is 0. The summed E-state index contributed by atoms with van der Waals surface area (Å²) in [6, 6.07) is 9.91. The van der Waals surface area contributed by atoms with Crippen LogP contribution >= 0.6 is 0 Å². The van der Waals surface area contributed by atoms with Crippen LogP contribution < -0.4 is 16.0 Å². The van der Waals surface area contributed by atoms with Crippen LogP contribution in [0.2, 0.25) is 0 Å². The summed E-state index contributed by atoms with van der Waals surface area (Å²) in [5, 5.41) is 2.84. The van der Waals surface area contributed by atoms with Gasteiger partial charge >= 0.3 is 0 Å². The molecule has 0 saturated heterocycles. The molecule has 3 N–H and O–H groups in total. The number of rotatable bonds is 5. The summed E-state index contributed by atoms with van der Waals surface area (Å²) in [4.78, 5) is 18.3. The fourth-order valence-electron chi connectivity index (χ4n) is 2.04. The minimum atomic E-state index is -0.155. The van der Waals surface area contributed by atoms with Gasteiger partial charge in [0.1, 0.15) is 0 Å². The van der Waals surface area contributed by atoms with Gasteiger partial charge in [-0.15, -0.1) is 0 Å². The Morgan fingerprint density at radius 3 is 2.50 bits per heavy atom. The van der Waals surface area contributed by atoms with Crippen LogP contribution in [-0.4, -0.2) is 37.6 Å². The number of anilines is 1. The molecule has 0 radical (unpaired) electrons. The van der Waals surface area contributed by atoms with Crippen molar-refractivity contribution in [3.8, 4) is 11.1 Å². The lowest BCUT2D eigenvalue weighted by atomic mass is 10.1. The predicted molar refractivity (Wildman–Crippen MR) is 90.0 cm³/mol. The standard InChI is InChI=1S/C17H22N4O/c1-12(9-18)20-17(22)15-8-14(10-19-11-15)13-4-6-16(7-5-13)21(2)3/h4-8,10-12H,9,18H2,1-3H3,(H,20,22)/t12-/m0/s1. The van der Waals surface area contributed by atoms with Crippen molar-refractivity contribution >= 4 is 11.6 Å². The van der Waals surface area contributed by atoms with Gasteiger partial charge in [0.15, 0.2) is 0 Å². The van der Waals surface area contributed by atoms with Gasteiger partial charge in [-0.05, 0) is 30.7 Å². The number of carbonyl (C=O) groups is 1. The van der Waals surface area contributed by atoms with E-state index in [1.54, 1.807) is 12.4 Å². The van der Waals surface area contributed by atoms with Crippen LogP contribution in [-0.2, 0) is 0 Å². The molecule has 5 nitrogen and oxygen atoms in total. The van der Waals surface area contributed by atoms with Gasteiger partial charge in [-0.2, -0.15) is 0 Å². The van der Waals surface area contributed by atoms with Gasteiger partial charge in [0, 0.05) is 50.3 Å². The number of carbonyl (C=O) groups excluding carboxylic acids is 1. The Hall–Kier alpha value is -2.40. The largest absolute Gasteiger partial charge is 0.378 e. The van der Waals surface area contributed by atoms with Crippen LogP contribution in [0.15, 0.2) is 42.7 Å². The molecule has 5 heteroatoms. The summed E-state index contributed by atoms with van der Waals surface area (Å²) in [6.07, 6.45) is 3.32. The molecule has 2 rings (SSSR count). The van der Waals surface area contributed by atoms with E-state index in [1.165, 1.54) is 0 Å². The fourth-order valence-corrected chi connectivity index (χ4v) is 2.04. The van der Waals surface area contributed by atoms with E-state index in [1.807, 2.05) is 56.3 Å². The van der Waals surface area contributed by atoms with Crippen LogP contribution in [0.1, 0.15) is 17.3 Å². The van der Waals surface area contributed by atoms with Gasteiger partial charge in [-0.3, -0.25) is 9.78 Å². The van der Waals surface area contributed by atoms with Crippen molar-refractivity contribution < 1.29 is 4.79 Å². The number of pyridine rings is 1. The number of nitrogens with two attached hydrogens (primary N) is 1. The SMILES string of the molecule is C[C@@H](CN)NC(=O)c1cncc(-c2ccc(N(C)C)cc2)c1. The average molecular weight is 298 g/mol. The summed E-state index contributed by atoms with van der Waals surface area (Å²) in [5.41, 5.74) is 9.13. The van der Waals surface area contributed by atoms with Crippen LogP contribution in [0, 0.1) is 0 Å². The maximum Gasteiger partial charge on any atom is 0.253 e. The van der Waals surface area contributed by atoms with E-state index in [4.69, 9.17) is 5.73 Å². The van der Waals surface area contributed by atoms with Crippen molar-refractivity contribution in [3.05, 3.63) is 48.3 Å². The lowest BCUT2D eigenvalue weighted by molar-refractivity contribution is 0.0941. The van der Waals surface area contributed by atoms with Crippen LogP contribution in [0.3, 0.4) is 0 Å². The lowest BCUT2D eigenvalue weighted by Crippen LogP contribution is -2.37. The van der Waals surface area contributed by atoms with E-state index < -0.39 is 0 Å². The molecule has 0 aliphatic carbocycles. The summed E-state index contributed by atoms with van der Waals surface area (Å²) in [7, 11) is 4.00. The van der Waals surface area contributed by atoms with Crippen LogP contribution in [0.4, 0.5) is 5.69 Å². The van der Waals surface area contributed by atoms with Gasteiger partial charge in [0.2, 0.25) is 0 Å². The molecule has 0 aliphatic heterocycles. The highest BCUT2D eigenvalue weighted by atomic mass is 16.1. The van der Waals surface area contributed by atoms with Crippen molar-refractivity contribution in [3.63, 3.8) is 0 Å². The first-order valence-electron chi connectivity index (χ1n) is 7.25. The zero-order valence-corrected chi connectivity index (χ0v) is 13.2. The molecular weight excluding hydrogens is 276 g/mol.